The van der Waals surface area contributed by atoms with Crippen LogP contribution in [0.4, 0.5) is 17.1 Å². The maximum absolute atomic E-state index is 6.36. The molecule has 0 aromatic heterocycles. The molecule has 5 aromatic rings. The predicted molar refractivity (Wildman–Crippen MR) is 121 cm³/mol. The lowest BCUT2D eigenvalue weighted by molar-refractivity contribution is 1.25. The van der Waals surface area contributed by atoms with Crippen molar-refractivity contribution in [2.75, 3.05) is 5.73 Å². The van der Waals surface area contributed by atoms with Crippen LogP contribution in [0, 0.1) is 0 Å². The van der Waals surface area contributed by atoms with Gasteiger partial charge in [0.1, 0.15) is 5.69 Å². The summed E-state index contributed by atoms with van der Waals surface area (Å²) in [5.41, 5.74) is 13.6. The number of hydrogen-bond acceptors (Lipinski definition) is 3. The van der Waals surface area contributed by atoms with Crippen molar-refractivity contribution in [2.24, 2.45) is 10.2 Å². The fourth-order valence-corrected chi connectivity index (χ4v) is 4.36. The van der Waals surface area contributed by atoms with Crippen molar-refractivity contribution in [1.82, 2.24) is 0 Å². The van der Waals surface area contributed by atoms with E-state index >= 15 is 0 Å². The summed E-state index contributed by atoms with van der Waals surface area (Å²) >= 11 is 0. The number of anilines is 1. The molecule has 0 spiro atoms. The second-order valence-corrected chi connectivity index (χ2v) is 7.33. The molecule has 0 radical (unpaired) electrons. The van der Waals surface area contributed by atoms with Crippen LogP contribution in [0.5, 0.6) is 0 Å². The molecule has 0 atom stereocenters. The Labute approximate surface area is 168 Å². The Morgan fingerprint density at radius 2 is 1.10 bits per heavy atom. The summed E-state index contributed by atoms with van der Waals surface area (Å²) in [4.78, 5) is 0. The Bertz CT molecular complexity index is 1440. The first kappa shape index (κ1) is 16.0. The fraction of sp³-hybridized carbons (Fsp3) is 0. The molecular weight excluding hydrogens is 354 g/mol. The van der Waals surface area contributed by atoms with Gasteiger partial charge in [0.05, 0.1) is 11.4 Å². The largest absolute Gasteiger partial charge is 0.396 e. The third-order valence-corrected chi connectivity index (χ3v) is 5.74. The molecule has 0 fully saturated rings. The van der Waals surface area contributed by atoms with Crippen LogP contribution in [-0.2, 0) is 0 Å². The molecule has 2 N–H and O–H groups in total. The van der Waals surface area contributed by atoms with E-state index in [9.17, 15) is 0 Å². The number of azo groups is 1. The molecule has 6 rings (SSSR count). The van der Waals surface area contributed by atoms with Gasteiger partial charge in [-0.25, -0.2) is 0 Å². The summed E-state index contributed by atoms with van der Waals surface area (Å²) in [5, 5.41) is 13.6. The zero-order valence-electron chi connectivity index (χ0n) is 15.6. The van der Waals surface area contributed by atoms with Crippen molar-refractivity contribution in [1.29, 1.82) is 0 Å². The van der Waals surface area contributed by atoms with Crippen LogP contribution < -0.4 is 5.73 Å². The van der Waals surface area contributed by atoms with E-state index in [4.69, 9.17) is 5.73 Å². The van der Waals surface area contributed by atoms with Crippen LogP contribution in [0.2, 0.25) is 0 Å². The van der Waals surface area contributed by atoms with Crippen molar-refractivity contribution >= 4 is 38.6 Å². The summed E-state index contributed by atoms with van der Waals surface area (Å²) in [6.07, 6.45) is 0. The highest BCUT2D eigenvalue weighted by atomic mass is 15.1. The first-order valence-electron chi connectivity index (χ1n) is 9.66. The van der Waals surface area contributed by atoms with Crippen LogP contribution in [0.3, 0.4) is 0 Å². The van der Waals surface area contributed by atoms with Gasteiger partial charge in [0.15, 0.2) is 0 Å². The molecule has 3 heteroatoms. The number of benzene rings is 5. The lowest BCUT2D eigenvalue weighted by Gasteiger charge is -2.06. The number of nitrogens with zero attached hydrogens (tertiary/aromatic N) is 2. The Balaban J connectivity index is 1.51. The van der Waals surface area contributed by atoms with Gasteiger partial charge in [-0.3, -0.25) is 0 Å². The summed E-state index contributed by atoms with van der Waals surface area (Å²) in [7, 11) is 0. The van der Waals surface area contributed by atoms with E-state index in [1.807, 2.05) is 42.5 Å². The van der Waals surface area contributed by atoms with Gasteiger partial charge in [0.2, 0.25) is 0 Å². The second kappa shape index (κ2) is 6.01. The fourth-order valence-electron chi connectivity index (χ4n) is 4.36. The van der Waals surface area contributed by atoms with E-state index in [2.05, 4.69) is 58.8 Å². The molecule has 136 valence electrons. The smallest absolute Gasteiger partial charge is 0.109 e. The summed E-state index contributed by atoms with van der Waals surface area (Å²) in [6.45, 7) is 0. The van der Waals surface area contributed by atoms with Crippen molar-refractivity contribution in [3.8, 4) is 22.3 Å². The molecule has 0 unspecified atom stereocenters. The first-order chi connectivity index (χ1) is 14.3. The zero-order valence-corrected chi connectivity index (χ0v) is 15.6. The van der Waals surface area contributed by atoms with Gasteiger partial charge >= 0.3 is 0 Å². The van der Waals surface area contributed by atoms with Crippen molar-refractivity contribution < 1.29 is 0 Å². The third-order valence-electron chi connectivity index (χ3n) is 5.74. The minimum absolute atomic E-state index is 0.658. The Hall–Kier alpha value is -3.98. The van der Waals surface area contributed by atoms with E-state index in [-0.39, 0.29) is 0 Å². The average Bonchev–Trinajstić information content (AvgIpc) is 3.10. The molecule has 1 aliphatic rings. The highest BCUT2D eigenvalue weighted by Gasteiger charge is 2.21. The maximum Gasteiger partial charge on any atom is 0.109 e. The summed E-state index contributed by atoms with van der Waals surface area (Å²) in [5.74, 6) is 0. The maximum atomic E-state index is 6.36. The molecule has 1 aliphatic carbocycles. The highest BCUT2D eigenvalue weighted by molar-refractivity contribution is 6.17. The number of rotatable bonds is 2. The molecule has 3 nitrogen and oxygen atoms in total. The van der Waals surface area contributed by atoms with E-state index in [1.54, 1.807) is 0 Å². The van der Waals surface area contributed by atoms with E-state index in [0.29, 0.717) is 11.4 Å². The minimum atomic E-state index is 0.658. The number of hydrogen-bond donors (Lipinski definition) is 1. The van der Waals surface area contributed by atoms with E-state index in [1.165, 1.54) is 27.6 Å². The normalized spacial score (nSPS) is 12.1. The molecule has 0 bridgehead atoms. The van der Waals surface area contributed by atoms with Crippen LogP contribution in [0.25, 0.3) is 43.8 Å². The van der Waals surface area contributed by atoms with Gasteiger partial charge in [-0.1, -0.05) is 78.9 Å². The van der Waals surface area contributed by atoms with Crippen molar-refractivity contribution in [3.05, 3.63) is 91.0 Å². The molecular formula is C26H17N3. The van der Waals surface area contributed by atoms with Crippen molar-refractivity contribution in [2.45, 2.75) is 0 Å². The van der Waals surface area contributed by atoms with Gasteiger partial charge in [-0.15, -0.1) is 10.2 Å². The van der Waals surface area contributed by atoms with Crippen molar-refractivity contribution in [3.63, 3.8) is 0 Å². The van der Waals surface area contributed by atoms with Crippen LogP contribution in [-0.4, -0.2) is 0 Å². The number of fused-ring (bicyclic) bond motifs is 4. The lowest BCUT2D eigenvalue weighted by Crippen LogP contribution is -1.87. The quantitative estimate of drug-likeness (QED) is 0.247. The van der Waals surface area contributed by atoms with Crippen LogP contribution in [0.1, 0.15) is 0 Å². The van der Waals surface area contributed by atoms with Gasteiger partial charge < -0.3 is 5.73 Å². The zero-order chi connectivity index (χ0) is 19.4. The van der Waals surface area contributed by atoms with Crippen LogP contribution >= 0.6 is 0 Å². The van der Waals surface area contributed by atoms with Gasteiger partial charge in [-0.2, -0.15) is 0 Å². The number of nitrogens with two attached hydrogens (primary N) is 1. The summed E-state index contributed by atoms with van der Waals surface area (Å²) < 4.78 is 0. The highest BCUT2D eigenvalue weighted by Crippen LogP contribution is 2.49. The molecule has 0 heterocycles. The topological polar surface area (TPSA) is 50.7 Å². The lowest BCUT2D eigenvalue weighted by atomic mass is 10.0. The predicted octanol–water partition coefficient (Wildman–Crippen LogP) is 7.64. The van der Waals surface area contributed by atoms with Crippen LogP contribution in [0.15, 0.2) is 101 Å². The SMILES string of the molecule is Nc1c(N=Nc2ccc3c4c(cccc24)-c2ccccc2-3)ccc2ccccc12. The molecule has 5 aromatic carbocycles. The Morgan fingerprint density at radius 3 is 1.97 bits per heavy atom. The standard InChI is InChI=1S/C26H17N3/c27-26-17-7-2-1-6-16(17)12-14-24(26)29-28-23-15-13-21-19-9-4-3-8-18(19)20-10-5-11-22(23)25(20)21/h1-15H,27H2. The molecule has 0 aliphatic heterocycles. The first-order valence-corrected chi connectivity index (χ1v) is 9.66. The second-order valence-electron chi connectivity index (χ2n) is 7.33. The molecule has 0 amide bonds. The third kappa shape index (κ3) is 2.31. The summed E-state index contributed by atoms with van der Waals surface area (Å²) in [6, 6.07) is 31.1. The Morgan fingerprint density at radius 1 is 0.483 bits per heavy atom. The molecule has 0 saturated carbocycles. The Kier molecular flexibility index (Phi) is 3.32. The molecule has 0 saturated heterocycles. The number of nitrogen functional groups attached to an aromatic ring is 1. The monoisotopic (exact) mass is 371 g/mol. The van der Waals surface area contributed by atoms with Gasteiger partial charge in [0.25, 0.3) is 0 Å². The van der Waals surface area contributed by atoms with Gasteiger partial charge in [0, 0.05) is 10.8 Å². The van der Waals surface area contributed by atoms with E-state index in [0.717, 1.165) is 21.8 Å². The average molecular weight is 371 g/mol. The van der Waals surface area contributed by atoms with E-state index < -0.39 is 0 Å². The van der Waals surface area contributed by atoms with Gasteiger partial charge in [-0.05, 0) is 45.2 Å². The minimum Gasteiger partial charge on any atom is -0.396 e. The molecule has 29 heavy (non-hydrogen) atoms.